The number of furan rings is 1. The second-order valence-electron chi connectivity index (χ2n) is 8.66. The summed E-state index contributed by atoms with van der Waals surface area (Å²) in [7, 11) is 0. The number of carboxylic acids is 1. The fourth-order valence-electron chi connectivity index (χ4n) is 4.11. The number of nitrogens with one attached hydrogen (secondary N) is 1. The third kappa shape index (κ3) is 6.00. The molecular formula is C27H22ClN3O7S. The fourth-order valence-corrected chi connectivity index (χ4v) is 5.19. The van der Waals surface area contributed by atoms with Crippen molar-refractivity contribution in [3.63, 3.8) is 0 Å². The summed E-state index contributed by atoms with van der Waals surface area (Å²) in [6, 6.07) is 15.0. The molecule has 2 N–H and O–H groups in total. The van der Waals surface area contributed by atoms with Crippen molar-refractivity contribution in [1.29, 1.82) is 0 Å². The van der Waals surface area contributed by atoms with E-state index in [0.29, 0.717) is 47.7 Å². The van der Waals surface area contributed by atoms with Crippen molar-refractivity contribution >= 4 is 63.8 Å². The van der Waals surface area contributed by atoms with E-state index >= 15 is 0 Å². The summed E-state index contributed by atoms with van der Waals surface area (Å²) in [6.45, 7) is 2.51. The number of aromatic carboxylic acids is 1. The zero-order valence-electron chi connectivity index (χ0n) is 20.4. The van der Waals surface area contributed by atoms with Crippen LogP contribution in [0.15, 0.2) is 63.9 Å². The molecule has 2 aliphatic rings. The van der Waals surface area contributed by atoms with Crippen LogP contribution < -0.4 is 10.2 Å². The van der Waals surface area contributed by atoms with Crippen LogP contribution in [0.1, 0.15) is 16.1 Å². The van der Waals surface area contributed by atoms with Crippen molar-refractivity contribution in [2.75, 3.05) is 43.1 Å². The van der Waals surface area contributed by atoms with Crippen LogP contribution in [0.25, 0.3) is 17.4 Å². The quantitative estimate of drug-likeness (QED) is 0.386. The monoisotopic (exact) mass is 567 g/mol. The van der Waals surface area contributed by atoms with Crippen molar-refractivity contribution in [2.24, 2.45) is 0 Å². The number of benzene rings is 2. The number of morpholine rings is 1. The number of hydrogen-bond acceptors (Lipinski definition) is 8. The first-order valence-corrected chi connectivity index (χ1v) is 13.1. The highest BCUT2D eigenvalue weighted by atomic mass is 35.5. The highest BCUT2D eigenvalue weighted by Crippen LogP contribution is 2.34. The number of carbonyl (C=O) groups excluding carboxylic acids is 3. The molecule has 5 rings (SSSR count). The normalized spacial score (nSPS) is 16.7. The molecule has 2 aromatic carbocycles. The van der Waals surface area contributed by atoms with E-state index in [1.54, 1.807) is 30.3 Å². The lowest BCUT2D eigenvalue weighted by Gasteiger charge is -2.28. The van der Waals surface area contributed by atoms with Gasteiger partial charge in [-0.2, -0.15) is 0 Å². The summed E-state index contributed by atoms with van der Waals surface area (Å²) in [5.41, 5.74) is 2.09. The average molecular weight is 568 g/mol. The van der Waals surface area contributed by atoms with E-state index in [1.165, 1.54) is 18.2 Å². The lowest BCUT2D eigenvalue weighted by molar-refractivity contribution is -0.127. The third-order valence-electron chi connectivity index (χ3n) is 6.09. The Morgan fingerprint density at radius 2 is 1.79 bits per heavy atom. The fraction of sp³-hybridized carbons (Fsp3) is 0.185. The van der Waals surface area contributed by atoms with Crippen molar-refractivity contribution in [1.82, 2.24) is 4.90 Å². The second kappa shape index (κ2) is 11.4. The van der Waals surface area contributed by atoms with Gasteiger partial charge in [0.15, 0.2) is 0 Å². The van der Waals surface area contributed by atoms with E-state index in [-0.39, 0.29) is 15.5 Å². The van der Waals surface area contributed by atoms with Gasteiger partial charge in [0.05, 0.1) is 28.7 Å². The molecule has 0 radical (unpaired) electrons. The lowest BCUT2D eigenvalue weighted by atomic mass is 10.1. The molecule has 2 fully saturated rings. The molecule has 0 saturated carbocycles. The molecule has 0 bridgehead atoms. The summed E-state index contributed by atoms with van der Waals surface area (Å²) in [5.74, 6) is -1.54. The average Bonchev–Trinajstić information content (AvgIpc) is 3.49. The highest BCUT2D eigenvalue weighted by molar-refractivity contribution is 8.18. The van der Waals surface area contributed by atoms with Gasteiger partial charge < -0.3 is 24.5 Å². The highest BCUT2D eigenvalue weighted by Gasteiger charge is 2.36. The first-order chi connectivity index (χ1) is 18.8. The Hall–Kier alpha value is -4.06. The van der Waals surface area contributed by atoms with Crippen molar-refractivity contribution in [2.45, 2.75) is 0 Å². The molecule has 0 spiro atoms. The van der Waals surface area contributed by atoms with E-state index in [1.807, 2.05) is 12.1 Å². The Labute approximate surface area is 232 Å². The summed E-state index contributed by atoms with van der Waals surface area (Å²) in [6.07, 6.45) is 1.42. The molecule has 0 aliphatic carbocycles. The first-order valence-electron chi connectivity index (χ1n) is 11.9. The molecule has 2 saturated heterocycles. The van der Waals surface area contributed by atoms with Gasteiger partial charge in [-0.3, -0.25) is 19.3 Å². The minimum absolute atomic E-state index is 0.0325. The number of nitrogens with zero attached hydrogens (tertiary/aromatic N) is 2. The second-order valence-corrected chi connectivity index (χ2v) is 10.1. The van der Waals surface area contributed by atoms with Crippen LogP contribution in [0.5, 0.6) is 0 Å². The van der Waals surface area contributed by atoms with Crippen LogP contribution >= 0.6 is 23.4 Å². The molecule has 3 aromatic rings. The maximum absolute atomic E-state index is 12.9. The van der Waals surface area contributed by atoms with Gasteiger partial charge in [-0.05, 0) is 60.3 Å². The number of imide groups is 1. The van der Waals surface area contributed by atoms with E-state index in [4.69, 9.17) is 25.9 Å². The first kappa shape index (κ1) is 26.5. The number of thioether (sulfide) groups is 1. The van der Waals surface area contributed by atoms with Gasteiger partial charge in [-0.1, -0.05) is 17.7 Å². The molecule has 2 aliphatic heterocycles. The Morgan fingerprint density at radius 3 is 2.49 bits per heavy atom. The molecular weight excluding hydrogens is 546 g/mol. The topological polar surface area (TPSA) is 129 Å². The van der Waals surface area contributed by atoms with Gasteiger partial charge in [-0.15, -0.1) is 0 Å². The SMILES string of the molecule is O=C(CN1C(=O)S/C(=C\c2ccc(-c3ccc(C(=O)O)c(Cl)c3)o2)C1=O)Nc1ccc(N2CCOCC2)cc1. The standard InChI is InChI=1S/C27H22ClN3O7S/c28-21-13-16(1-7-20(21)26(34)35)22-8-6-19(38-22)14-23-25(33)31(27(36)39-23)15-24(32)29-17-2-4-18(5-3-17)30-9-11-37-12-10-30/h1-8,13-14H,9-12,15H2,(H,29,32)(H,34,35)/b23-14-. The molecule has 0 atom stereocenters. The van der Waals surface area contributed by atoms with Crippen LogP contribution in [-0.4, -0.2) is 65.9 Å². The van der Waals surface area contributed by atoms with E-state index in [0.717, 1.165) is 23.7 Å². The summed E-state index contributed by atoms with van der Waals surface area (Å²) >= 11 is 6.75. The molecule has 3 heterocycles. The van der Waals surface area contributed by atoms with E-state index in [2.05, 4.69) is 10.2 Å². The zero-order valence-corrected chi connectivity index (χ0v) is 22.0. The van der Waals surface area contributed by atoms with Gasteiger partial charge >= 0.3 is 5.97 Å². The number of carboxylic acid groups (broad SMARTS) is 1. The summed E-state index contributed by atoms with van der Waals surface area (Å²) < 4.78 is 11.1. The Balaban J connectivity index is 1.21. The molecule has 3 amide bonds. The Kier molecular flexibility index (Phi) is 7.73. The molecule has 0 unspecified atom stereocenters. The molecule has 12 heteroatoms. The molecule has 200 valence electrons. The summed E-state index contributed by atoms with van der Waals surface area (Å²) in [5, 5.41) is 11.3. The molecule has 10 nitrogen and oxygen atoms in total. The predicted molar refractivity (Wildman–Crippen MR) is 147 cm³/mol. The number of anilines is 2. The van der Waals surface area contributed by atoms with Gasteiger partial charge in [0.25, 0.3) is 11.1 Å². The van der Waals surface area contributed by atoms with Gasteiger partial charge in [0, 0.05) is 36.1 Å². The molecule has 1 aromatic heterocycles. The maximum Gasteiger partial charge on any atom is 0.337 e. The number of rotatable bonds is 7. The van der Waals surface area contributed by atoms with Crippen molar-refractivity contribution in [3.05, 3.63) is 75.8 Å². The lowest BCUT2D eigenvalue weighted by Crippen LogP contribution is -2.36. The van der Waals surface area contributed by atoms with E-state index < -0.39 is 29.6 Å². The van der Waals surface area contributed by atoms with Crippen LogP contribution in [0.3, 0.4) is 0 Å². The van der Waals surface area contributed by atoms with Gasteiger partial charge in [0.1, 0.15) is 18.1 Å². The predicted octanol–water partition coefficient (Wildman–Crippen LogP) is 4.81. The number of amides is 3. The van der Waals surface area contributed by atoms with Crippen LogP contribution in [0, 0.1) is 0 Å². The number of ether oxygens (including phenoxy) is 1. The van der Waals surface area contributed by atoms with Gasteiger partial charge in [-0.25, -0.2) is 4.79 Å². The Bertz CT molecular complexity index is 1480. The number of halogens is 1. The van der Waals surface area contributed by atoms with Crippen molar-refractivity contribution < 1.29 is 33.4 Å². The van der Waals surface area contributed by atoms with Crippen LogP contribution in [0.2, 0.25) is 5.02 Å². The minimum Gasteiger partial charge on any atom is -0.478 e. The van der Waals surface area contributed by atoms with Crippen LogP contribution in [-0.2, 0) is 14.3 Å². The number of carbonyl (C=O) groups is 4. The molecule has 39 heavy (non-hydrogen) atoms. The van der Waals surface area contributed by atoms with E-state index in [9.17, 15) is 19.2 Å². The largest absolute Gasteiger partial charge is 0.478 e. The van der Waals surface area contributed by atoms with Crippen LogP contribution in [0.4, 0.5) is 16.2 Å². The Morgan fingerprint density at radius 1 is 1.05 bits per heavy atom. The van der Waals surface area contributed by atoms with Gasteiger partial charge in [0.2, 0.25) is 5.91 Å². The maximum atomic E-state index is 12.9. The number of hydrogen-bond donors (Lipinski definition) is 2. The zero-order chi connectivity index (χ0) is 27.5. The third-order valence-corrected chi connectivity index (χ3v) is 7.31. The van der Waals surface area contributed by atoms with Crippen molar-refractivity contribution in [3.8, 4) is 11.3 Å². The smallest absolute Gasteiger partial charge is 0.337 e. The minimum atomic E-state index is -1.14. The summed E-state index contributed by atoms with van der Waals surface area (Å²) in [4.78, 5) is 52.3.